The molecule has 0 rings (SSSR count). The van der Waals surface area contributed by atoms with Crippen molar-refractivity contribution in [1.82, 2.24) is 0 Å². The van der Waals surface area contributed by atoms with E-state index in [2.05, 4.69) is 11.8 Å². The van der Waals surface area contributed by atoms with Crippen LogP contribution in [0, 0.1) is 17.3 Å². The van der Waals surface area contributed by atoms with Gasteiger partial charge in [0.25, 0.3) is 5.79 Å². The minimum absolute atomic E-state index is 0.268. The molecule has 2 unspecified atom stereocenters. The van der Waals surface area contributed by atoms with Gasteiger partial charge >= 0.3 is 0 Å². The van der Waals surface area contributed by atoms with Gasteiger partial charge in [0.1, 0.15) is 12.1 Å². The number of aliphatic hydroxyl groups is 3. The van der Waals surface area contributed by atoms with Crippen molar-refractivity contribution in [3.05, 3.63) is 17.1 Å². The molecule has 5 nitrogen and oxygen atoms in total. The van der Waals surface area contributed by atoms with Crippen molar-refractivity contribution in [1.29, 1.82) is 0 Å². The van der Waals surface area contributed by atoms with Crippen LogP contribution < -0.4 is 0 Å². The summed E-state index contributed by atoms with van der Waals surface area (Å²) in [6.45, 7) is 5.01. The molecule has 78 valence electrons. The molecule has 0 radical (unpaired) electrons. The van der Waals surface area contributed by atoms with Gasteiger partial charge < -0.3 is 15.3 Å². The molecule has 0 heterocycles. The van der Waals surface area contributed by atoms with Crippen LogP contribution in [-0.4, -0.2) is 33.3 Å². The molecule has 0 aliphatic rings. The summed E-state index contributed by atoms with van der Waals surface area (Å²) >= 11 is 0. The van der Waals surface area contributed by atoms with Gasteiger partial charge in [-0.05, 0) is 12.8 Å². The zero-order valence-corrected chi connectivity index (χ0v) is 7.84. The fraction of sp³-hybridized carbons (Fsp3) is 0.556. The maximum atomic E-state index is 10.3. The molecule has 2 atom stereocenters. The van der Waals surface area contributed by atoms with E-state index in [9.17, 15) is 10.0 Å². The highest BCUT2D eigenvalue weighted by atomic mass is 16.5. The molecule has 0 spiro atoms. The summed E-state index contributed by atoms with van der Waals surface area (Å²) in [5, 5.41) is 29.9. The molecule has 14 heavy (non-hydrogen) atoms. The number of aliphatic hydroxyl groups excluding tert-OH is 1. The Morgan fingerprint density at radius 2 is 2.21 bits per heavy atom. The van der Waals surface area contributed by atoms with Gasteiger partial charge in [-0.15, -0.1) is 6.42 Å². The second-order valence-corrected chi connectivity index (χ2v) is 3.09. The van der Waals surface area contributed by atoms with E-state index >= 15 is 0 Å². The molecule has 0 saturated carbocycles. The second-order valence-electron chi connectivity index (χ2n) is 3.09. The van der Waals surface area contributed by atoms with Crippen molar-refractivity contribution in [2.24, 2.45) is 5.18 Å². The summed E-state index contributed by atoms with van der Waals surface area (Å²) in [7, 11) is 0. The predicted molar refractivity (Wildman–Crippen MR) is 51.0 cm³/mol. The third-order valence-corrected chi connectivity index (χ3v) is 1.82. The van der Waals surface area contributed by atoms with Gasteiger partial charge in [0, 0.05) is 6.42 Å². The van der Waals surface area contributed by atoms with Crippen LogP contribution >= 0.6 is 0 Å². The van der Waals surface area contributed by atoms with Crippen LogP contribution in [0.2, 0.25) is 0 Å². The largest absolute Gasteiger partial charge is 0.386 e. The summed E-state index contributed by atoms with van der Waals surface area (Å²) < 4.78 is 0. The smallest absolute Gasteiger partial charge is 0.255 e. The summed E-state index contributed by atoms with van der Waals surface area (Å²) in [6, 6.07) is -0.878. The average Bonchev–Trinajstić information content (AvgIpc) is 2.12. The fourth-order valence-electron chi connectivity index (χ4n) is 0.806. The minimum atomic E-state index is -2.64. The van der Waals surface area contributed by atoms with Gasteiger partial charge in [-0.2, -0.15) is 4.91 Å². The number of nitrogens with zero attached hydrogens (tertiary/aromatic N) is 1. The summed E-state index contributed by atoms with van der Waals surface area (Å²) in [4.78, 5) is 10.3. The molecule has 0 bridgehead atoms. The standard InChI is InChI=1S/C9H13NO4/c1-4-9(12,13)8(11)5-7(10-14)6(2)3/h1,7-8,11-13H,2,5H2,3H3. The van der Waals surface area contributed by atoms with Crippen LogP contribution in [0.15, 0.2) is 17.3 Å². The Morgan fingerprint density at radius 3 is 2.50 bits per heavy atom. The maximum absolute atomic E-state index is 10.3. The molecule has 0 aromatic heterocycles. The highest BCUT2D eigenvalue weighted by Gasteiger charge is 2.33. The quantitative estimate of drug-likeness (QED) is 0.247. The first-order valence-electron chi connectivity index (χ1n) is 3.93. The second kappa shape index (κ2) is 4.86. The van der Waals surface area contributed by atoms with Gasteiger partial charge in [0.15, 0.2) is 0 Å². The van der Waals surface area contributed by atoms with Gasteiger partial charge in [0.2, 0.25) is 0 Å². The highest BCUT2D eigenvalue weighted by molar-refractivity contribution is 5.08. The van der Waals surface area contributed by atoms with E-state index in [1.165, 1.54) is 0 Å². The molecule has 0 saturated heterocycles. The summed E-state index contributed by atoms with van der Waals surface area (Å²) in [5.41, 5.74) is 0.423. The van der Waals surface area contributed by atoms with Crippen molar-refractivity contribution in [2.45, 2.75) is 31.3 Å². The van der Waals surface area contributed by atoms with Gasteiger partial charge in [-0.25, -0.2) is 0 Å². The lowest BCUT2D eigenvalue weighted by molar-refractivity contribution is -0.183. The third-order valence-electron chi connectivity index (χ3n) is 1.82. The maximum Gasteiger partial charge on any atom is 0.255 e. The van der Waals surface area contributed by atoms with Crippen LogP contribution in [0.5, 0.6) is 0 Å². The van der Waals surface area contributed by atoms with Crippen LogP contribution in [0.3, 0.4) is 0 Å². The topological polar surface area (TPSA) is 90.1 Å². The lowest BCUT2D eigenvalue weighted by atomic mass is 9.99. The zero-order chi connectivity index (χ0) is 11.4. The van der Waals surface area contributed by atoms with E-state index in [0.29, 0.717) is 5.57 Å². The molecule has 0 fully saturated rings. The minimum Gasteiger partial charge on any atom is -0.386 e. The number of hydrogen-bond acceptors (Lipinski definition) is 5. The highest BCUT2D eigenvalue weighted by Crippen LogP contribution is 2.16. The van der Waals surface area contributed by atoms with Crippen molar-refractivity contribution >= 4 is 0 Å². The first kappa shape index (κ1) is 12.8. The molecular weight excluding hydrogens is 186 g/mol. The van der Waals surface area contributed by atoms with E-state index in [0.717, 1.165) is 0 Å². The van der Waals surface area contributed by atoms with Crippen molar-refractivity contribution < 1.29 is 15.3 Å². The Labute approximate surface area is 82.0 Å². The molecule has 0 aliphatic carbocycles. The Balaban J connectivity index is 4.46. The first-order chi connectivity index (χ1) is 6.35. The lowest BCUT2D eigenvalue weighted by Gasteiger charge is -2.23. The third kappa shape index (κ3) is 3.26. The first-order valence-corrected chi connectivity index (χ1v) is 3.93. The predicted octanol–water partition coefficient (Wildman–Crippen LogP) is -0.237. The Bertz CT molecular complexity index is 266. The van der Waals surface area contributed by atoms with Crippen molar-refractivity contribution in [3.63, 3.8) is 0 Å². The summed E-state index contributed by atoms with van der Waals surface area (Å²) in [5.74, 6) is -1.04. The Kier molecular flexibility index (Phi) is 4.44. The van der Waals surface area contributed by atoms with Crippen molar-refractivity contribution in [2.75, 3.05) is 0 Å². The lowest BCUT2D eigenvalue weighted by Crippen LogP contribution is -2.42. The molecule has 0 aliphatic heterocycles. The van der Waals surface area contributed by atoms with E-state index in [-0.39, 0.29) is 6.42 Å². The molecular formula is C9H13NO4. The molecule has 0 aromatic carbocycles. The van der Waals surface area contributed by atoms with Crippen LogP contribution in [-0.2, 0) is 0 Å². The van der Waals surface area contributed by atoms with Gasteiger partial charge in [-0.3, -0.25) is 0 Å². The monoisotopic (exact) mass is 199 g/mol. The van der Waals surface area contributed by atoms with Crippen LogP contribution in [0.1, 0.15) is 13.3 Å². The molecule has 3 N–H and O–H groups in total. The Hall–Kier alpha value is -1.22. The van der Waals surface area contributed by atoms with Crippen LogP contribution in [0.4, 0.5) is 0 Å². The van der Waals surface area contributed by atoms with Crippen LogP contribution in [0.25, 0.3) is 0 Å². The van der Waals surface area contributed by atoms with E-state index in [4.69, 9.17) is 16.6 Å². The van der Waals surface area contributed by atoms with E-state index in [1.54, 1.807) is 12.8 Å². The number of rotatable bonds is 5. The average molecular weight is 199 g/mol. The molecule has 5 heteroatoms. The Morgan fingerprint density at radius 1 is 1.71 bits per heavy atom. The number of nitroso groups, excluding NO2 is 1. The summed E-state index contributed by atoms with van der Waals surface area (Å²) in [6.07, 6.45) is 2.86. The number of hydrogen-bond donors (Lipinski definition) is 3. The number of terminal acetylenes is 1. The fourth-order valence-corrected chi connectivity index (χ4v) is 0.806. The zero-order valence-electron chi connectivity index (χ0n) is 7.84. The SMILES string of the molecule is C#CC(O)(O)C(O)CC(N=O)C(=C)C. The normalized spacial score (nSPS) is 15.4. The van der Waals surface area contributed by atoms with Crippen molar-refractivity contribution in [3.8, 4) is 12.3 Å². The van der Waals surface area contributed by atoms with Gasteiger partial charge in [0.05, 0.1) is 0 Å². The molecule has 0 amide bonds. The van der Waals surface area contributed by atoms with E-state index < -0.39 is 17.9 Å². The van der Waals surface area contributed by atoms with Gasteiger partial charge in [-0.1, -0.05) is 17.3 Å². The molecule has 0 aromatic rings. The van der Waals surface area contributed by atoms with E-state index in [1.807, 2.05) is 0 Å².